The van der Waals surface area contributed by atoms with Crippen molar-refractivity contribution >= 4 is 27.3 Å². The second kappa shape index (κ2) is 4.08. The van der Waals surface area contributed by atoms with Gasteiger partial charge in [0, 0.05) is 0 Å². The van der Waals surface area contributed by atoms with Gasteiger partial charge in [0.15, 0.2) is 0 Å². The standard InChI is InChI=1S/C7H7BrN2O3/c8-4-13-5-1-2-6(9)7(3-5)10(11)12/h1-3H,4,9H2. The highest BCUT2D eigenvalue weighted by molar-refractivity contribution is 9.09. The van der Waals surface area contributed by atoms with E-state index in [1.165, 1.54) is 12.1 Å². The Bertz CT molecular complexity index is 330. The van der Waals surface area contributed by atoms with Crippen LogP contribution in [0.3, 0.4) is 0 Å². The van der Waals surface area contributed by atoms with Crippen molar-refractivity contribution < 1.29 is 9.66 Å². The van der Waals surface area contributed by atoms with Crippen molar-refractivity contribution in [3.63, 3.8) is 0 Å². The molecule has 0 aliphatic rings. The molecule has 6 heteroatoms. The van der Waals surface area contributed by atoms with Crippen LogP contribution in [0.4, 0.5) is 11.4 Å². The van der Waals surface area contributed by atoms with Crippen molar-refractivity contribution in [2.45, 2.75) is 0 Å². The summed E-state index contributed by atoms with van der Waals surface area (Å²) in [5.74, 6) is 0.415. The number of hydrogen-bond donors (Lipinski definition) is 1. The highest BCUT2D eigenvalue weighted by Gasteiger charge is 2.11. The maximum atomic E-state index is 10.4. The van der Waals surface area contributed by atoms with E-state index in [-0.39, 0.29) is 16.9 Å². The first-order chi connectivity index (χ1) is 6.15. The number of hydrogen-bond acceptors (Lipinski definition) is 4. The molecule has 5 nitrogen and oxygen atoms in total. The summed E-state index contributed by atoms with van der Waals surface area (Å²) < 4.78 is 5.01. The highest BCUT2D eigenvalue weighted by Crippen LogP contribution is 2.26. The van der Waals surface area contributed by atoms with E-state index >= 15 is 0 Å². The SMILES string of the molecule is Nc1ccc(OCBr)cc1[N+](=O)[O-]. The molecule has 0 amide bonds. The first kappa shape index (κ1) is 9.79. The van der Waals surface area contributed by atoms with Crippen LogP contribution in [-0.4, -0.2) is 10.4 Å². The number of rotatable bonds is 3. The second-order valence-electron chi connectivity index (χ2n) is 2.23. The molecule has 0 atom stereocenters. The van der Waals surface area contributed by atoms with Gasteiger partial charge in [-0.2, -0.15) is 0 Å². The zero-order valence-electron chi connectivity index (χ0n) is 6.57. The minimum absolute atomic E-state index is 0.131. The third-order valence-electron chi connectivity index (χ3n) is 1.42. The predicted octanol–water partition coefficient (Wildman–Crippen LogP) is 1.91. The van der Waals surface area contributed by atoms with Crippen LogP contribution in [0.5, 0.6) is 5.75 Å². The van der Waals surface area contributed by atoms with Crippen LogP contribution in [0.2, 0.25) is 0 Å². The van der Waals surface area contributed by atoms with Crippen LogP contribution in [0.1, 0.15) is 0 Å². The molecule has 1 aromatic carbocycles. The van der Waals surface area contributed by atoms with Crippen molar-refractivity contribution in [2.75, 3.05) is 11.2 Å². The van der Waals surface area contributed by atoms with Crippen molar-refractivity contribution in [3.8, 4) is 5.75 Å². The molecular weight excluding hydrogens is 240 g/mol. The maximum absolute atomic E-state index is 10.4. The topological polar surface area (TPSA) is 78.4 Å². The summed E-state index contributed by atoms with van der Waals surface area (Å²) in [5.41, 5.74) is 5.65. The lowest BCUT2D eigenvalue weighted by Crippen LogP contribution is -1.96. The number of nitrogen functional groups attached to an aromatic ring is 1. The summed E-state index contributed by atoms with van der Waals surface area (Å²) in [5, 5.41) is 10.4. The number of ether oxygens (including phenoxy) is 1. The van der Waals surface area contributed by atoms with E-state index in [0.29, 0.717) is 5.75 Å². The predicted molar refractivity (Wildman–Crippen MR) is 51.9 cm³/mol. The van der Waals surface area contributed by atoms with Gasteiger partial charge in [0.2, 0.25) is 0 Å². The molecular formula is C7H7BrN2O3. The summed E-state index contributed by atoms with van der Waals surface area (Å²) in [4.78, 5) is 9.89. The van der Waals surface area contributed by atoms with Crippen LogP contribution in [0.15, 0.2) is 18.2 Å². The zero-order valence-corrected chi connectivity index (χ0v) is 8.15. The van der Waals surface area contributed by atoms with Gasteiger partial charge in [0.1, 0.15) is 17.0 Å². The Kier molecular flexibility index (Phi) is 3.07. The largest absolute Gasteiger partial charge is 0.482 e. The molecule has 0 fully saturated rings. The first-order valence-corrected chi connectivity index (χ1v) is 4.50. The number of nitro groups is 1. The molecule has 0 radical (unpaired) electrons. The quantitative estimate of drug-likeness (QED) is 0.383. The third-order valence-corrected chi connectivity index (χ3v) is 1.65. The van der Waals surface area contributed by atoms with Crippen LogP contribution in [0, 0.1) is 10.1 Å². The van der Waals surface area contributed by atoms with E-state index in [0.717, 1.165) is 0 Å². The average molecular weight is 247 g/mol. The van der Waals surface area contributed by atoms with E-state index < -0.39 is 4.92 Å². The number of alkyl halides is 1. The summed E-state index contributed by atoms with van der Waals surface area (Å²) in [6, 6.07) is 4.30. The van der Waals surface area contributed by atoms with E-state index in [9.17, 15) is 10.1 Å². The molecule has 0 saturated carbocycles. The fraction of sp³-hybridized carbons (Fsp3) is 0.143. The van der Waals surface area contributed by atoms with E-state index in [1.807, 2.05) is 0 Å². The Labute approximate surface area is 82.8 Å². The zero-order chi connectivity index (χ0) is 9.84. The van der Waals surface area contributed by atoms with Crippen molar-refractivity contribution in [3.05, 3.63) is 28.3 Å². The molecule has 0 unspecified atom stereocenters. The van der Waals surface area contributed by atoms with Gasteiger partial charge in [-0.1, -0.05) is 0 Å². The van der Waals surface area contributed by atoms with Gasteiger partial charge in [-0.05, 0) is 28.1 Å². The number of halogens is 1. The van der Waals surface area contributed by atoms with Crippen LogP contribution in [-0.2, 0) is 0 Å². The highest BCUT2D eigenvalue weighted by atomic mass is 79.9. The third kappa shape index (κ3) is 2.32. The number of nitrogens with two attached hydrogens (primary N) is 1. The lowest BCUT2D eigenvalue weighted by Gasteiger charge is -2.02. The molecule has 1 rings (SSSR count). The molecule has 0 spiro atoms. The first-order valence-electron chi connectivity index (χ1n) is 3.38. The van der Waals surface area contributed by atoms with Crippen molar-refractivity contribution in [1.29, 1.82) is 0 Å². The monoisotopic (exact) mass is 246 g/mol. The molecule has 0 aliphatic carbocycles. The molecule has 1 aromatic rings. The number of benzene rings is 1. The Morgan fingerprint density at radius 2 is 2.31 bits per heavy atom. The summed E-state index contributed by atoms with van der Waals surface area (Å²) in [7, 11) is 0. The van der Waals surface area contributed by atoms with Crippen LogP contribution >= 0.6 is 15.9 Å². The second-order valence-corrected chi connectivity index (χ2v) is 2.69. The van der Waals surface area contributed by atoms with Gasteiger partial charge < -0.3 is 10.5 Å². The van der Waals surface area contributed by atoms with Crippen LogP contribution in [0.25, 0.3) is 0 Å². The Hall–Kier alpha value is -1.30. The number of nitrogens with zero attached hydrogens (tertiary/aromatic N) is 1. The smallest absolute Gasteiger partial charge is 0.295 e. The van der Waals surface area contributed by atoms with Gasteiger partial charge >= 0.3 is 0 Å². The fourth-order valence-electron chi connectivity index (χ4n) is 0.834. The fourth-order valence-corrected chi connectivity index (χ4v) is 1.10. The molecule has 70 valence electrons. The normalized spacial score (nSPS) is 9.62. The Morgan fingerprint density at radius 1 is 1.62 bits per heavy atom. The summed E-state index contributed by atoms with van der Waals surface area (Å²) in [6.45, 7) is 0. The molecule has 0 heterocycles. The van der Waals surface area contributed by atoms with Gasteiger partial charge in [-0.15, -0.1) is 0 Å². The number of nitro benzene ring substituents is 1. The summed E-state index contributed by atoms with van der Waals surface area (Å²) in [6.07, 6.45) is 0. The molecule has 0 aliphatic heterocycles. The average Bonchev–Trinajstić information content (AvgIpc) is 2.08. The van der Waals surface area contributed by atoms with E-state index in [4.69, 9.17) is 10.5 Å². The van der Waals surface area contributed by atoms with Crippen molar-refractivity contribution in [1.82, 2.24) is 0 Å². The summed E-state index contributed by atoms with van der Waals surface area (Å²) >= 11 is 3.04. The van der Waals surface area contributed by atoms with Crippen molar-refractivity contribution in [2.24, 2.45) is 0 Å². The Morgan fingerprint density at radius 3 is 2.85 bits per heavy atom. The van der Waals surface area contributed by atoms with E-state index in [1.54, 1.807) is 6.07 Å². The van der Waals surface area contributed by atoms with Gasteiger partial charge in [-0.3, -0.25) is 10.1 Å². The van der Waals surface area contributed by atoms with Crippen LogP contribution < -0.4 is 10.5 Å². The van der Waals surface area contributed by atoms with Gasteiger partial charge in [-0.25, -0.2) is 0 Å². The molecule has 0 aromatic heterocycles. The molecule has 2 N–H and O–H groups in total. The molecule has 0 bridgehead atoms. The van der Waals surface area contributed by atoms with E-state index in [2.05, 4.69) is 15.9 Å². The minimum atomic E-state index is -0.545. The van der Waals surface area contributed by atoms with Gasteiger partial charge in [0.05, 0.1) is 11.0 Å². The minimum Gasteiger partial charge on any atom is -0.482 e. The number of anilines is 1. The molecule has 13 heavy (non-hydrogen) atoms. The molecule has 0 saturated heterocycles. The maximum Gasteiger partial charge on any atom is 0.295 e. The lowest BCUT2D eigenvalue weighted by atomic mass is 10.2. The Balaban J connectivity index is 3.04. The lowest BCUT2D eigenvalue weighted by molar-refractivity contribution is -0.384. The van der Waals surface area contributed by atoms with Gasteiger partial charge in [0.25, 0.3) is 5.69 Å².